The van der Waals surface area contributed by atoms with Gasteiger partial charge in [0.2, 0.25) is 0 Å². The molecule has 0 aliphatic heterocycles. The second-order valence-electron chi connectivity index (χ2n) is 6.18. The zero-order valence-electron chi connectivity index (χ0n) is 14.9. The van der Waals surface area contributed by atoms with Crippen LogP contribution in [0.5, 0.6) is 0 Å². The summed E-state index contributed by atoms with van der Waals surface area (Å²) in [6, 6.07) is 8.12. The lowest BCUT2D eigenvalue weighted by molar-refractivity contribution is 0.0939. The van der Waals surface area contributed by atoms with Gasteiger partial charge in [-0.05, 0) is 45.0 Å². The molecule has 2 aromatic rings. The predicted octanol–water partition coefficient (Wildman–Crippen LogP) is 3.20. The van der Waals surface area contributed by atoms with Crippen LogP contribution in [0.2, 0.25) is 0 Å². The standard InChI is InChI=1S/C19H26N4O/c1-5-23(14(2)3)13-16-6-8-17(9-7-16)19(24)22-15(4)18-12-20-10-11-21-18/h6-12,14-15H,5,13H2,1-4H3,(H,22,24)/t15-/m1/s1. The number of benzene rings is 1. The van der Waals surface area contributed by atoms with E-state index in [1.807, 2.05) is 31.2 Å². The summed E-state index contributed by atoms with van der Waals surface area (Å²) in [6.45, 7) is 10.4. The van der Waals surface area contributed by atoms with Crippen molar-refractivity contribution in [1.29, 1.82) is 0 Å². The smallest absolute Gasteiger partial charge is 0.251 e. The Morgan fingerprint density at radius 2 is 1.88 bits per heavy atom. The normalized spacial score (nSPS) is 12.4. The summed E-state index contributed by atoms with van der Waals surface area (Å²) in [7, 11) is 0. The van der Waals surface area contributed by atoms with E-state index in [0.29, 0.717) is 11.6 Å². The maximum Gasteiger partial charge on any atom is 0.251 e. The minimum Gasteiger partial charge on any atom is -0.344 e. The Morgan fingerprint density at radius 3 is 2.42 bits per heavy atom. The van der Waals surface area contributed by atoms with Crippen molar-refractivity contribution >= 4 is 5.91 Å². The van der Waals surface area contributed by atoms with E-state index in [9.17, 15) is 4.79 Å². The lowest BCUT2D eigenvalue weighted by Gasteiger charge is -2.24. The quantitative estimate of drug-likeness (QED) is 0.849. The van der Waals surface area contributed by atoms with Crippen LogP contribution in [0.15, 0.2) is 42.9 Å². The van der Waals surface area contributed by atoms with E-state index in [1.54, 1.807) is 18.6 Å². The fourth-order valence-electron chi connectivity index (χ4n) is 2.54. The van der Waals surface area contributed by atoms with E-state index in [2.05, 4.69) is 41.0 Å². The first-order valence-electron chi connectivity index (χ1n) is 8.41. The molecule has 1 heterocycles. The largest absolute Gasteiger partial charge is 0.344 e. The molecule has 1 aromatic carbocycles. The van der Waals surface area contributed by atoms with Gasteiger partial charge in [-0.2, -0.15) is 0 Å². The Morgan fingerprint density at radius 1 is 1.17 bits per heavy atom. The number of amides is 1. The van der Waals surface area contributed by atoms with Crippen molar-refractivity contribution in [1.82, 2.24) is 20.2 Å². The highest BCUT2D eigenvalue weighted by molar-refractivity contribution is 5.94. The average molecular weight is 326 g/mol. The summed E-state index contributed by atoms with van der Waals surface area (Å²) in [5.41, 5.74) is 2.61. The van der Waals surface area contributed by atoms with Gasteiger partial charge >= 0.3 is 0 Å². The average Bonchev–Trinajstić information content (AvgIpc) is 2.60. The number of carbonyl (C=O) groups is 1. The molecular formula is C19H26N4O. The van der Waals surface area contributed by atoms with Gasteiger partial charge in [0.05, 0.1) is 17.9 Å². The Kier molecular flexibility index (Phi) is 6.44. The summed E-state index contributed by atoms with van der Waals surface area (Å²) < 4.78 is 0. The molecule has 5 heteroatoms. The number of nitrogens with zero attached hydrogens (tertiary/aromatic N) is 3. The number of aromatic nitrogens is 2. The Balaban J connectivity index is 1.98. The molecule has 128 valence electrons. The molecule has 1 atom stereocenters. The van der Waals surface area contributed by atoms with E-state index in [4.69, 9.17) is 0 Å². The lowest BCUT2D eigenvalue weighted by Crippen LogP contribution is -2.30. The molecule has 1 amide bonds. The zero-order chi connectivity index (χ0) is 17.5. The van der Waals surface area contributed by atoms with E-state index in [0.717, 1.165) is 18.8 Å². The second kappa shape index (κ2) is 8.55. The molecule has 1 aromatic heterocycles. The van der Waals surface area contributed by atoms with Crippen LogP contribution in [0, 0.1) is 0 Å². The van der Waals surface area contributed by atoms with Crippen LogP contribution in [0.4, 0.5) is 0 Å². The molecule has 0 radical (unpaired) electrons. The van der Waals surface area contributed by atoms with Gasteiger partial charge in [0.1, 0.15) is 0 Å². The molecule has 0 saturated heterocycles. The minimum atomic E-state index is -0.178. The molecule has 0 fully saturated rings. The fourth-order valence-corrected chi connectivity index (χ4v) is 2.54. The van der Waals surface area contributed by atoms with Gasteiger partial charge in [0, 0.05) is 30.5 Å². The molecule has 0 aliphatic carbocycles. The molecule has 0 bridgehead atoms. The summed E-state index contributed by atoms with van der Waals surface area (Å²) >= 11 is 0. The van der Waals surface area contributed by atoms with E-state index < -0.39 is 0 Å². The van der Waals surface area contributed by atoms with Gasteiger partial charge in [-0.15, -0.1) is 0 Å². The van der Waals surface area contributed by atoms with E-state index in [1.165, 1.54) is 5.56 Å². The number of hydrogen-bond donors (Lipinski definition) is 1. The molecular weight excluding hydrogens is 300 g/mol. The highest BCUT2D eigenvalue weighted by Crippen LogP contribution is 2.12. The van der Waals surface area contributed by atoms with Crippen molar-refractivity contribution in [2.24, 2.45) is 0 Å². The number of hydrogen-bond acceptors (Lipinski definition) is 4. The van der Waals surface area contributed by atoms with Crippen LogP contribution in [0.3, 0.4) is 0 Å². The first-order valence-corrected chi connectivity index (χ1v) is 8.41. The molecule has 0 unspecified atom stereocenters. The van der Waals surface area contributed by atoms with Crippen LogP contribution in [0.1, 0.15) is 55.4 Å². The predicted molar refractivity (Wildman–Crippen MR) is 95.6 cm³/mol. The van der Waals surface area contributed by atoms with Crippen molar-refractivity contribution in [3.05, 3.63) is 59.7 Å². The highest BCUT2D eigenvalue weighted by atomic mass is 16.1. The summed E-state index contributed by atoms with van der Waals surface area (Å²) in [5, 5.41) is 2.95. The molecule has 1 N–H and O–H groups in total. The van der Waals surface area contributed by atoms with Crippen molar-refractivity contribution in [2.45, 2.75) is 46.3 Å². The maximum atomic E-state index is 12.4. The summed E-state index contributed by atoms with van der Waals surface area (Å²) in [6.07, 6.45) is 4.91. The molecule has 2 rings (SSSR count). The summed E-state index contributed by atoms with van der Waals surface area (Å²) in [5.74, 6) is -0.101. The van der Waals surface area contributed by atoms with E-state index >= 15 is 0 Å². The molecule has 5 nitrogen and oxygen atoms in total. The Hall–Kier alpha value is -2.27. The van der Waals surface area contributed by atoms with Crippen molar-refractivity contribution < 1.29 is 4.79 Å². The molecule has 0 aliphatic rings. The van der Waals surface area contributed by atoms with Crippen LogP contribution >= 0.6 is 0 Å². The van der Waals surface area contributed by atoms with Crippen LogP contribution in [0.25, 0.3) is 0 Å². The third-order valence-electron chi connectivity index (χ3n) is 4.11. The Bertz CT molecular complexity index is 640. The Labute approximate surface area is 144 Å². The van der Waals surface area contributed by atoms with Gasteiger partial charge in [-0.3, -0.25) is 19.7 Å². The van der Waals surface area contributed by atoms with Crippen LogP contribution < -0.4 is 5.32 Å². The number of carbonyl (C=O) groups excluding carboxylic acids is 1. The van der Waals surface area contributed by atoms with Crippen LogP contribution in [-0.2, 0) is 6.54 Å². The van der Waals surface area contributed by atoms with Gasteiger partial charge in [0.15, 0.2) is 0 Å². The first kappa shape index (κ1) is 18.1. The summed E-state index contributed by atoms with van der Waals surface area (Å²) in [4.78, 5) is 23.0. The third-order valence-corrected chi connectivity index (χ3v) is 4.11. The van der Waals surface area contributed by atoms with Crippen molar-refractivity contribution in [3.63, 3.8) is 0 Å². The van der Waals surface area contributed by atoms with Crippen molar-refractivity contribution in [2.75, 3.05) is 6.54 Å². The fraction of sp³-hybridized carbons (Fsp3) is 0.421. The van der Waals surface area contributed by atoms with Crippen molar-refractivity contribution in [3.8, 4) is 0 Å². The van der Waals surface area contributed by atoms with E-state index in [-0.39, 0.29) is 11.9 Å². The molecule has 24 heavy (non-hydrogen) atoms. The first-order chi connectivity index (χ1) is 11.5. The van der Waals surface area contributed by atoms with Gasteiger partial charge in [-0.25, -0.2) is 0 Å². The second-order valence-corrected chi connectivity index (χ2v) is 6.18. The van der Waals surface area contributed by atoms with Gasteiger partial charge in [-0.1, -0.05) is 19.1 Å². The highest BCUT2D eigenvalue weighted by Gasteiger charge is 2.13. The third kappa shape index (κ3) is 4.86. The zero-order valence-corrected chi connectivity index (χ0v) is 14.9. The lowest BCUT2D eigenvalue weighted by atomic mass is 10.1. The maximum absolute atomic E-state index is 12.4. The SMILES string of the molecule is CCN(Cc1ccc(C(=O)N[C@H](C)c2cnccn2)cc1)C(C)C. The molecule has 0 saturated carbocycles. The van der Waals surface area contributed by atoms with Gasteiger partial charge < -0.3 is 5.32 Å². The van der Waals surface area contributed by atoms with Crippen LogP contribution in [-0.4, -0.2) is 33.4 Å². The monoisotopic (exact) mass is 326 g/mol. The number of nitrogens with one attached hydrogen (secondary N) is 1. The molecule has 0 spiro atoms. The van der Waals surface area contributed by atoms with Gasteiger partial charge in [0.25, 0.3) is 5.91 Å². The minimum absolute atomic E-state index is 0.101. The topological polar surface area (TPSA) is 58.1 Å². The number of rotatable bonds is 7.